The highest BCUT2D eigenvalue weighted by molar-refractivity contribution is 5.59. The second kappa shape index (κ2) is 6.27. The first-order valence-electron chi connectivity index (χ1n) is 5.85. The number of benzene rings is 1. The molecule has 0 aliphatic heterocycles. The van der Waals surface area contributed by atoms with E-state index in [4.69, 9.17) is 15.3 Å². The fourth-order valence-corrected chi connectivity index (χ4v) is 1.73. The summed E-state index contributed by atoms with van der Waals surface area (Å²) in [6.07, 6.45) is 0. The Hall–Kier alpha value is -2.25. The summed E-state index contributed by atoms with van der Waals surface area (Å²) in [5.74, 6) is 5.83. The number of nitrogens with zero attached hydrogens (tertiary/aromatic N) is 2. The van der Waals surface area contributed by atoms with Crippen LogP contribution in [0.5, 0.6) is 5.75 Å². The van der Waals surface area contributed by atoms with Gasteiger partial charge in [-0.25, -0.2) is 20.2 Å². The number of aromatic nitrogens is 2. The van der Waals surface area contributed by atoms with E-state index in [9.17, 15) is 4.39 Å². The summed E-state index contributed by atoms with van der Waals surface area (Å²) >= 11 is 0. The van der Waals surface area contributed by atoms with Crippen LogP contribution in [0, 0.1) is 5.82 Å². The van der Waals surface area contributed by atoms with Crippen molar-refractivity contribution < 1.29 is 13.9 Å². The summed E-state index contributed by atoms with van der Waals surface area (Å²) in [7, 11) is 2.97. The number of hydrogen-bond acceptors (Lipinski definition) is 6. The first kappa shape index (κ1) is 14.2. The van der Waals surface area contributed by atoms with Gasteiger partial charge in [-0.05, 0) is 18.2 Å². The monoisotopic (exact) mass is 278 g/mol. The summed E-state index contributed by atoms with van der Waals surface area (Å²) in [6, 6.07) is 6.17. The molecule has 1 aromatic carbocycles. The first-order valence-corrected chi connectivity index (χ1v) is 5.85. The van der Waals surface area contributed by atoms with E-state index >= 15 is 0 Å². The zero-order chi connectivity index (χ0) is 14.5. The van der Waals surface area contributed by atoms with E-state index in [1.807, 2.05) is 0 Å². The van der Waals surface area contributed by atoms with Gasteiger partial charge in [0, 0.05) is 18.7 Å². The van der Waals surface area contributed by atoms with Crippen molar-refractivity contribution in [2.45, 2.75) is 6.61 Å². The Balaban J connectivity index is 2.45. The van der Waals surface area contributed by atoms with Crippen LogP contribution in [0.2, 0.25) is 0 Å². The minimum atomic E-state index is -0.479. The number of methoxy groups -OCH3 is 2. The molecule has 0 aliphatic rings. The smallest absolute Gasteiger partial charge is 0.165 e. The molecule has 2 aromatic rings. The third-order valence-electron chi connectivity index (χ3n) is 2.63. The van der Waals surface area contributed by atoms with Crippen molar-refractivity contribution in [3.05, 3.63) is 35.8 Å². The second-order valence-electron chi connectivity index (χ2n) is 3.99. The number of hydrazine groups is 1. The lowest BCUT2D eigenvalue weighted by Crippen LogP contribution is -2.11. The molecule has 20 heavy (non-hydrogen) atoms. The Morgan fingerprint density at radius 2 is 2.05 bits per heavy atom. The highest BCUT2D eigenvalue weighted by Crippen LogP contribution is 2.24. The van der Waals surface area contributed by atoms with Gasteiger partial charge in [-0.1, -0.05) is 0 Å². The van der Waals surface area contributed by atoms with Crippen LogP contribution in [0.15, 0.2) is 24.3 Å². The summed E-state index contributed by atoms with van der Waals surface area (Å²) in [4.78, 5) is 8.49. The highest BCUT2D eigenvalue weighted by atomic mass is 19.1. The molecule has 0 fully saturated rings. The average Bonchev–Trinajstić information content (AvgIpc) is 2.47. The molecule has 7 heteroatoms. The van der Waals surface area contributed by atoms with Crippen LogP contribution in [0.25, 0.3) is 11.4 Å². The van der Waals surface area contributed by atoms with Crippen molar-refractivity contribution >= 4 is 5.82 Å². The van der Waals surface area contributed by atoms with Gasteiger partial charge in [-0.3, -0.25) is 0 Å². The number of nitrogens with two attached hydrogens (primary N) is 1. The molecule has 0 unspecified atom stereocenters. The first-order chi connectivity index (χ1) is 9.67. The van der Waals surface area contributed by atoms with Gasteiger partial charge in [0.25, 0.3) is 0 Å². The van der Waals surface area contributed by atoms with E-state index in [2.05, 4.69) is 15.4 Å². The molecule has 0 saturated heterocycles. The summed E-state index contributed by atoms with van der Waals surface area (Å²) in [5.41, 5.74) is 3.61. The molecule has 0 saturated carbocycles. The van der Waals surface area contributed by atoms with Crippen molar-refractivity contribution in [1.29, 1.82) is 0 Å². The largest absolute Gasteiger partial charge is 0.494 e. The predicted octanol–water partition coefficient (Wildman–Crippen LogP) is 1.72. The lowest BCUT2D eigenvalue weighted by molar-refractivity contribution is 0.181. The maximum atomic E-state index is 13.7. The van der Waals surface area contributed by atoms with Crippen LogP contribution in [0.4, 0.5) is 10.2 Å². The Morgan fingerprint density at radius 3 is 2.65 bits per heavy atom. The fraction of sp³-hybridized carbons (Fsp3) is 0.231. The van der Waals surface area contributed by atoms with E-state index in [1.165, 1.54) is 19.2 Å². The highest BCUT2D eigenvalue weighted by Gasteiger charge is 2.10. The molecular weight excluding hydrogens is 263 g/mol. The molecule has 2 rings (SSSR count). The van der Waals surface area contributed by atoms with E-state index in [0.717, 1.165) is 0 Å². The topological polar surface area (TPSA) is 82.3 Å². The molecule has 6 nitrogen and oxygen atoms in total. The standard InChI is InChI=1S/C13H15FN4O2/c1-19-7-9-6-12(18-15)17-13(16-9)8-3-4-11(20-2)10(14)5-8/h3-6H,7,15H2,1-2H3,(H,16,17,18). The lowest BCUT2D eigenvalue weighted by Gasteiger charge is -2.08. The Morgan fingerprint density at radius 1 is 1.25 bits per heavy atom. The zero-order valence-corrected chi connectivity index (χ0v) is 11.2. The molecule has 106 valence electrons. The Labute approximate surface area is 115 Å². The van der Waals surface area contributed by atoms with Gasteiger partial charge in [-0.2, -0.15) is 0 Å². The second-order valence-corrected chi connectivity index (χ2v) is 3.99. The quantitative estimate of drug-likeness (QED) is 0.640. The normalized spacial score (nSPS) is 10.4. The van der Waals surface area contributed by atoms with Crippen molar-refractivity contribution in [3.63, 3.8) is 0 Å². The van der Waals surface area contributed by atoms with Crippen molar-refractivity contribution in [3.8, 4) is 17.1 Å². The average molecular weight is 278 g/mol. The number of nitrogens with one attached hydrogen (secondary N) is 1. The van der Waals surface area contributed by atoms with Crippen LogP contribution < -0.4 is 16.0 Å². The van der Waals surface area contributed by atoms with Crippen LogP contribution in [0.3, 0.4) is 0 Å². The molecule has 1 heterocycles. The van der Waals surface area contributed by atoms with Crippen molar-refractivity contribution in [2.24, 2.45) is 5.84 Å². The number of nitrogen functional groups attached to an aromatic ring is 1. The van der Waals surface area contributed by atoms with Crippen LogP contribution in [-0.4, -0.2) is 24.2 Å². The van der Waals surface area contributed by atoms with Gasteiger partial charge in [0.05, 0.1) is 19.4 Å². The molecule has 0 aliphatic carbocycles. The number of rotatable bonds is 5. The summed E-state index contributed by atoms with van der Waals surface area (Å²) < 4.78 is 23.6. The van der Waals surface area contributed by atoms with E-state index in [-0.39, 0.29) is 5.75 Å². The molecule has 0 spiro atoms. The molecular formula is C13H15FN4O2. The van der Waals surface area contributed by atoms with Gasteiger partial charge >= 0.3 is 0 Å². The van der Waals surface area contributed by atoms with Crippen molar-refractivity contribution in [1.82, 2.24) is 9.97 Å². The van der Waals surface area contributed by atoms with Gasteiger partial charge < -0.3 is 14.9 Å². The molecule has 1 aromatic heterocycles. The number of halogens is 1. The van der Waals surface area contributed by atoms with Gasteiger partial charge in [-0.15, -0.1) is 0 Å². The molecule has 0 radical (unpaired) electrons. The minimum Gasteiger partial charge on any atom is -0.494 e. The lowest BCUT2D eigenvalue weighted by atomic mass is 10.2. The summed E-state index contributed by atoms with van der Waals surface area (Å²) in [5, 5.41) is 0. The number of hydrogen-bond donors (Lipinski definition) is 2. The van der Waals surface area contributed by atoms with E-state index in [1.54, 1.807) is 19.2 Å². The fourth-order valence-electron chi connectivity index (χ4n) is 1.73. The zero-order valence-electron chi connectivity index (χ0n) is 11.2. The molecule has 0 bridgehead atoms. The SMILES string of the molecule is COCc1cc(NN)nc(-c2ccc(OC)c(F)c2)n1. The third kappa shape index (κ3) is 3.01. The maximum absolute atomic E-state index is 13.7. The van der Waals surface area contributed by atoms with Gasteiger partial charge in [0.15, 0.2) is 17.4 Å². The number of anilines is 1. The van der Waals surface area contributed by atoms with Crippen LogP contribution in [-0.2, 0) is 11.3 Å². The van der Waals surface area contributed by atoms with Crippen LogP contribution in [0.1, 0.15) is 5.69 Å². The van der Waals surface area contributed by atoms with Gasteiger partial charge in [0.2, 0.25) is 0 Å². The molecule has 0 amide bonds. The van der Waals surface area contributed by atoms with Crippen molar-refractivity contribution in [2.75, 3.05) is 19.6 Å². The van der Waals surface area contributed by atoms with Crippen LogP contribution >= 0.6 is 0 Å². The predicted molar refractivity (Wildman–Crippen MR) is 72.5 cm³/mol. The minimum absolute atomic E-state index is 0.166. The van der Waals surface area contributed by atoms with Gasteiger partial charge in [0.1, 0.15) is 5.82 Å². The Kier molecular flexibility index (Phi) is 4.44. The Bertz CT molecular complexity index is 607. The number of ether oxygens (including phenoxy) is 2. The molecule has 3 N–H and O–H groups in total. The van der Waals surface area contributed by atoms with E-state index < -0.39 is 5.82 Å². The third-order valence-corrected chi connectivity index (χ3v) is 2.63. The summed E-state index contributed by atoms with van der Waals surface area (Å²) in [6.45, 7) is 0.308. The molecule has 0 atom stereocenters. The van der Waals surface area contributed by atoms with E-state index in [0.29, 0.717) is 29.5 Å². The maximum Gasteiger partial charge on any atom is 0.165 e.